The second-order valence-electron chi connectivity index (χ2n) is 2.95. The molecule has 0 aromatic carbocycles. The zero-order valence-electron chi connectivity index (χ0n) is 9.07. The maximum Gasteiger partial charge on any atom is 0.240 e. The highest BCUT2D eigenvalue weighted by molar-refractivity contribution is 6.31. The van der Waals surface area contributed by atoms with Gasteiger partial charge in [-0.05, 0) is 6.42 Å². The van der Waals surface area contributed by atoms with E-state index >= 15 is 0 Å². The average Bonchev–Trinajstić information content (AvgIpc) is 2.31. The Labute approximate surface area is 99.1 Å². The molecule has 90 valence electrons. The van der Waals surface area contributed by atoms with Gasteiger partial charge in [0, 0.05) is 6.61 Å². The molecule has 1 aromatic heterocycles. The molecule has 16 heavy (non-hydrogen) atoms. The van der Waals surface area contributed by atoms with Crippen molar-refractivity contribution in [1.29, 1.82) is 0 Å². The molecular weight excluding hydrogens is 232 g/mol. The fraction of sp³-hybridized carbons (Fsp3) is 0.556. The fourth-order valence-corrected chi connectivity index (χ4v) is 1.11. The Morgan fingerprint density at radius 3 is 2.94 bits per heavy atom. The second-order valence-corrected chi connectivity index (χ2v) is 3.36. The van der Waals surface area contributed by atoms with Gasteiger partial charge in [0.1, 0.15) is 11.6 Å². The molecule has 0 bridgehead atoms. The Bertz CT molecular complexity index is 324. The number of ether oxygens (including phenoxy) is 2. The minimum Gasteiger partial charge on any atom is -0.474 e. The number of aromatic nitrogens is 2. The molecule has 1 aromatic rings. The third-order valence-corrected chi connectivity index (χ3v) is 1.92. The number of rotatable bonds is 7. The van der Waals surface area contributed by atoms with E-state index in [2.05, 4.69) is 15.4 Å². The molecule has 0 saturated heterocycles. The number of nitrogens with zero attached hydrogens (tertiary/aromatic N) is 2. The van der Waals surface area contributed by atoms with Crippen LogP contribution >= 0.6 is 11.6 Å². The molecular formula is C9H15ClN4O2. The fourth-order valence-electron chi connectivity index (χ4n) is 0.966. The lowest BCUT2D eigenvalue weighted by atomic mass is 10.5. The summed E-state index contributed by atoms with van der Waals surface area (Å²) in [5.41, 5.74) is 2.31. The molecule has 0 amide bonds. The van der Waals surface area contributed by atoms with Gasteiger partial charge in [0.15, 0.2) is 0 Å². The normalized spacial score (nSPS) is 10.2. The van der Waals surface area contributed by atoms with Crippen LogP contribution in [-0.4, -0.2) is 29.8 Å². The van der Waals surface area contributed by atoms with Gasteiger partial charge in [0.05, 0.1) is 12.8 Å². The van der Waals surface area contributed by atoms with Gasteiger partial charge in [-0.25, -0.2) is 10.8 Å². The third kappa shape index (κ3) is 4.18. The number of hydrogen-bond donors (Lipinski definition) is 2. The molecule has 1 heterocycles. The van der Waals surface area contributed by atoms with Crippen molar-refractivity contribution in [2.75, 3.05) is 25.2 Å². The quantitative estimate of drug-likeness (QED) is 0.428. The summed E-state index contributed by atoms with van der Waals surface area (Å²) >= 11 is 5.83. The molecule has 0 aliphatic carbocycles. The van der Waals surface area contributed by atoms with Crippen LogP contribution in [0.1, 0.15) is 13.3 Å². The Hall–Kier alpha value is -1.11. The smallest absolute Gasteiger partial charge is 0.240 e. The highest BCUT2D eigenvalue weighted by Crippen LogP contribution is 2.21. The summed E-state index contributed by atoms with van der Waals surface area (Å²) in [5, 5.41) is 0.342. The predicted molar refractivity (Wildman–Crippen MR) is 61.5 cm³/mol. The molecule has 1 rings (SSSR count). The molecule has 0 radical (unpaired) electrons. The Morgan fingerprint density at radius 1 is 1.44 bits per heavy atom. The van der Waals surface area contributed by atoms with E-state index < -0.39 is 0 Å². The number of nitrogens with one attached hydrogen (secondary N) is 1. The van der Waals surface area contributed by atoms with Gasteiger partial charge in [-0.1, -0.05) is 18.5 Å². The average molecular weight is 247 g/mol. The topological polar surface area (TPSA) is 82.3 Å². The molecule has 0 aliphatic heterocycles. The third-order valence-electron chi connectivity index (χ3n) is 1.66. The van der Waals surface area contributed by atoms with Crippen LogP contribution in [0.2, 0.25) is 5.02 Å². The summed E-state index contributed by atoms with van der Waals surface area (Å²) < 4.78 is 10.6. The van der Waals surface area contributed by atoms with Gasteiger partial charge in [-0.3, -0.25) is 5.43 Å². The largest absolute Gasteiger partial charge is 0.474 e. The van der Waals surface area contributed by atoms with Gasteiger partial charge in [-0.15, -0.1) is 0 Å². The number of anilines is 1. The monoisotopic (exact) mass is 246 g/mol. The van der Waals surface area contributed by atoms with Gasteiger partial charge in [0.25, 0.3) is 0 Å². The first-order valence-corrected chi connectivity index (χ1v) is 5.35. The molecule has 0 atom stereocenters. The first-order chi connectivity index (χ1) is 7.77. The number of nitrogen functional groups attached to an aromatic ring is 1. The number of nitrogens with two attached hydrogens (primary N) is 1. The molecule has 0 saturated carbocycles. The maximum absolute atomic E-state index is 5.83. The summed E-state index contributed by atoms with van der Waals surface area (Å²) in [4.78, 5) is 7.78. The van der Waals surface area contributed by atoms with Crippen molar-refractivity contribution in [2.24, 2.45) is 5.84 Å². The standard InChI is InChI=1S/C9H15ClN4O2/c1-2-3-15-4-5-16-8-7(10)6-12-9(13-8)14-11/h6H,2-5,11H2,1H3,(H,12,13,14). The summed E-state index contributed by atoms with van der Waals surface area (Å²) in [6, 6.07) is 0. The molecule has 0 aliphatic rings. The number of hydrazine groups is 1. The van der Waals surface area contributed by atoms with Crippen molar-refractivity contribution in [3.05, 3.63) is 11.2 Å². The minimum absolute atomic E-state index is 0.258. The predicted octanol–water partition coefficient (Wildman–Crippen LogP) is 1.22. The van der Waals surface area contributed by atoms with Gasteiger partial charge >= 0.3 is 0 Å². The summed E-state index contributed by atoms with van der Waals surface area (Å²) in [6.45, 7) is 3.65. The Kier molecular flexibility index (Phi) is 5.84. The van der Waals surface area contributed by atoms with Crippen LogP contribution in [0.5, 0.6) is 5.88 Å². The molecule has 0 unspecified atom stereocenters. The van der Waals surface area contributed by atoms with Crippen LogP contribution in [0.4, 0.5) is 5.95 Å². The van der Waals surface area contributed by atoms with Crippen molar-refractivity contribution < 1.29 is 9.47 Å². The summed E-state index contributed by atoms with van der Waals surface area (Å²) in [7, 11) is 0. The molecule has 3 N–H and O–H groups in total. The second kappa shape index (κ2) is 7.21. The van der Waals surface area contributed by atoms with Crippen LogP contribution in [0.25, 0.3) is 0 Å². The van der Waals surface area contributed by atoms with E-state index in [0.29, 0.717) is 24.1 Å². The van der Waals surface area contributed by atoms with E-state index in [-0.39, 0.29) is 5.95 Å². The summed E-state index contributed by atoms with van der Waals surface area (Å²) in [6.07, 6.45) is 2.40. The van der Waals surface area contributed by atoms with Crippen LogP contribution in [0.15, 0.2) is 6.20 Å². The first-order valence-electron chi connectivity index (χ1n) is 4.97. The molecule has 7 heteroatoms. The lowest BCUT2D eigenvalue weighted by Gasteiger charge is -2.08. The van der Waals surface area contributed by atoms with Crippen molar-refractivity contribution in [3.63, 3.8) is 0 Å². The van der Waals surface area contributed by atoms with Crippen molar-refractivity contribution in [3.8, 4) is 5.88 Å². The highest BCUT2D eigenvalue weighted by atomic mass is 35.5. The van der Waals surface area contributed by atoms with Crippen LogP contribution < -0.4 is 16.0 Å². The SMILES string of the molecule is CCCOCCOc1nc(NN)ncc1Cl. The van der Waals surface area contributed by atoms with E-state index in [1.54, 1.807) is 0 Å². The Morgan fingerprint density at radius 2 is 2.25 bits per heavy atom. The molecule has 6 nitrogen and oxygen atoms in total. The zero-order chi connectivity index (χ0) is 11.8. The highest BCUT2D eigenvalue weighted by Gasteiger charge is 2.05. The van der Waals surface area contributed by atoms with Crippen molar-refractivity contribution in [2.45, 2.75) is 13.3 Å². The maximum atomic E-state index is 5.83. The van der Waals surface area contributed by atoms with Crippen molar-refractivity contribution in [1.82, 2.24) is 9.97 Å². The number of halogens is 1. The van der Waals surface area contributed by atoms with E-state index in [0.717, 1.165) is 13.0 Å². The molecule has 0 fully saturated rings. The number of hydrogen-bond acceptors (Lipinski definition) is 6. The van der Waals surface area contributed by atoms with Gasteiger partial charge in [-0.2, -0.15) is 4.98 Å². The van der Waals surface area contributed by atoms with Crippen LogP contribution in [-0.2, 0) is 4.74 Å². The first kappa shape index (κ1) is 13.0. The zero-order valence-corrected chi connectivity index (χ0v) is 9.83. The minimum atomic E-state index is 0.258. The van der Waals surface area contributed by atoms with E-state index in [9.17, 15) is 0 Å². The van der Waals surface area contributed by atoms with E-state index in [1.165, 1.54) is 6.20 Å². The Balaban J connectivity index is 2.40. The van der Waals surface area contributed by atoms with Gasteiger partial charge in [0.2, 0.25) is 11.8 Å². The van der Waals surface area contributed by atoms with Crippen LogP contribution in [0, 0.1) is 0 Å². The molecule has 0 spiro atoms. The van der Waals surface area contributed by atoms with Gasteiger partial charge < -0.3 is 9.47 Å². The summed E-state index contributed by atoms with van der Waals surface area (Å²) in [5.74, 6) is 5.72. The van der Waals surface area contributed by atoms with E-state index in [4.69, 9.17) is 26.9 Å². The van der Waals surface area contributed by atoms with E-state index in [1.807, 2.05) is 6.92 Å². The van der Waals surface area contributed by atoms with Crippen LogP contribution in [0.3, 0.4) is 0 Å². The lowest BCUT2D eigenvalue weighted by molar-refractivity contribution is 0.0990. The lowest BCUT2D eigenvalue weighted by Crippen LogP contribution is -2.12. The van der Waals surface area contributed by atoms with Crippen molar-refractivity contribution >= 4 is 17.5 Å².